The largest absolute Gasteiger partial charge is 0.434 e. The van der Waals surface area contributed by atoms with Crippen LogP contribution in [0.25, 0.3) is 0 Å². The molecule has 12 heavy (non-hydrogen) atoms. The molecule has 0 aliphatic rings. The van der Waals surface area contributed by atoms with Crippen LogP contribution in [0.3, 0.4) is 0 Å². The highest BCUT2D eigenvalue weighted by Crippen LogP contribution is 2.29. The summed E-state index contributed by atoms with van der Waals surface area (Å²) < 4.78 is 29.0. The normalized spacial score (nSPS) is 10.4. The van der Waals surface area contributed by atoms with Crippen molar-refractivity contribution in [2.75, 3.05) is 0 Å². The lowest BCUT2D eigenvalue weighted by atomic mass is 10.3. The first-order chi connectivity index (χ1) is 5.59. The maximum absolute atomic E-state index is 11.7. The van der Waals surface area contributed by atoms with E-state index in [0.717, 1.165) is 4.47 Å². The van der Waals surface area contributed by atoms with Gasteiger partial charge in [-0.1, -0.05) is 15.9 Å². The molecular formula is C7H4Br2F2O. The second-order valence-electron chi connectivity index (χ2n) is 1.95. The minimum atomic E-state index is -2.79. The summed E-state index contributed by atoms with van der Waals surface area (Å²) in [4.78, 5) is 0. The van der Waals surface area contributed by atoms with Crippen LogP contribution in [0.1, 0.15) is 0 Å². The lowest BCUT2D eigenvalue weighted by molar-refractivity contribution is -0.0503. The Balaban J connectivity index is 2.86. The zero-order valence-electron chi connectivity index (χ0n) is 5.73. The van der Waals surface area contributed by atoms with Gasteiger partial charge in [-0.25, -0.2) is 0 Å². The fourth-order valence-corrected chi connectivity index (χ4v) is 1.81. The molecule has 0 unspecified atom stereocenters. The minimum absolute atomic E-state index is 0.133. The van der Waals surface area contributed by atoms with Crippen LogP contribution in [0.15, 0.2) is 27.1 Å². The monoisotopic (exact) mass is 300 g/mol. The van der Waals surface area contributed by atoms with Gasteiger partial charge in [0.1, 0.15) is 5.75 Å². The van der Waals surface area contributed by atoms with E-state index in [-0.39, 0.29) is 5.75 Å². The first-order valence-electron chi connectivity index (χ1n) is 2.99. The van der Waals surface area contributed by atoms with Crippen LogP contribution in [0.2, 0.25) is 0 Å². The summed E-state index contributed by atoms with van der Waals surface area (Å²) in [6.07, 6.45) is 0. The highest BCUT2D eigenvalue weighted by Gasteiger charge is 2.07. The predicted octanol–water partition coefficient (Wildman–Crippen LogP) is 3.81. The SMILES string of the molecule is FC(F)Oc1ccc(Br)cc1Br. The van der Waals surface area contributed by atoms with Crippen molar-refractivity contribution in [3.63, 3.8) is 0 Å². The molecule has 0 aliphatic carbocycles. The van der Waals surface area contributed by atoms with Gasteiger partial charge in [-0.3, -0.25) is 0 Å². The second-order valence-corrected chi connectivity index (χ2v) is 3.72. The lowest BCUT2D eigenvalue weighted by Crippen LogP contribution is -2.02. The maximum Gasteiger partial charge on any atom is 0.387 e. The zero-order valence-corrected chi connectivity index (χ0v) is 8.90. The summed E-state index contributed by atoms with van der Waals surface area (Å²) in [5.41, 5.74) is 0. The first-order valence-corrected chi connectivity index (χ1v) is 4.58. The molecule has 0 spiro atoms. The average molecular weight is 302 g/mol. The Hall–Kier alpha value is -0.160. The molecule has 0 fully saturated rings. The molecule has 0 atom stereocenters. The molecule has 0 amide bonds. The smallest absolute Gasteiger partial charge is 0.387 e. The Bertz CT molecular complexity index is 278. The summed E-state index contributed by atoms with van der Waals surface area (Å²) in [6, 6.07) is 4.72. The zero-order chi connectivity index (χ0) is 9.14. The van der Waals surface area contributed by atoms with Gasteiger partial charge in [0.15, 0.2) is 0 Å². The first kappa shape index (κ1) is 9.92. The molecule has 0 saturated heterocycles. The Morgan fingerprint density at radius 1 is 1.25 bits per heavy atom. The van der Waals surface area contributed by atoms with Gasteiger partial charge in [0.2, 0.25) is 0 Å². The summed E-state index contributed by atoms with van der Waals surface area (Å²) >= 11 is 6.28. The maximum atomic E-state index is 11.7. The Labute approximate surface area is 85.0 Å². The third-order valence-electron chi connectivity index (χ3n) is 1.11. The predicted molar refractivity (Wildman–Crippen MR) is 48.5 cm³/mol. The fourth-order valence-electron chi connectivity index (χ4n) is 0.667. The van der Waals surface area contributed by atoms with Crippen LogP contribution in [-0.4, -0.2) is 6.61 Å². The van der Waals surface area contributed by atoms with E-state index in [0.29, 0.717) is 4.47 Å². The van der Waals surface area contributed by atoms with Crippen molar-refractivity contribution in [2.24, 2.45) is 0 Å². The van der Waals surface area contributed by atoms with Crippen LogP contribution < -0.4 is 4.74 Å². The van der Waals surface area contributed by atoms with Crippen molar-refractivity contribution < 1.29 is 13.5 Å². The highest BCUT2D eigenvalue weighted by molar-refractivity contribution is 9.11. The van der Waals surface area contributed by atoms with Crippen molar-refractivity contribution in [1.82, 2.24) is 0 Å². The van der Waals surface area contributed by atoms with Crippen LogP contribution in [0.5, 0.6) is 5.75 Å². The average Bonchev–Trinajstić information content (AvgIpc) is 1.94. The van der Waals surface area contributed by atoms with E-state index >= 15 is 0 Å². The van der Waals surface area contributed by atoms with E-state index in [1.54, 1.807) is 12.1 Å². The van der Waals surface area contributed by atoms with Gasteiger partial charge in [-0.2, -0.15) is 8.78 Å². The van der Waals surface area contributed by atoms with Gasteiger partial charge in [0, 0.05) is 4.47 Å². The minimum Gasteiger partial charge on any atom is -0.434 e. The highest BCUT2D eigenvalue weighted by atomic mass is 79.9. The van der Waals surface area contributed by atoms with Gasteiger partial charge >= 0.3 is 6.61 Å². The third kappa shape index (κ3) is 2.71. The molecule has 0 aromatic heterocycles. The number of alkyl halides is 2. The van der Waals surface area contributed by atoms with Gasteiger partial charge < -0.3 is 4.74 Å². The summed E-state index contributed by atoms with van der Waals surface area (Å²) in [7, 11) is 0. The number of rotatable bonds is 2. The number of hydrogen-bond donors (Lipinski definition) is 0. The topological polar surface area (TPSA) is 9.23 Å². The molecule has 1 aromatic rings. The molecule has 0 radical (unpaired) electrons. The van der Waals surface area contributed by atoms with Crippen LogP contribution >= 0.6 is 31.9 Å². The molecule has 1 nitrogen and oxygen atoms in total. The number of hydrogen-bond acceptors (Lipinski definition) is 1. The Morgan fingerprint density at radius 3 is 2.42 bits per heavy atom. The van der Waals surface area contributed by atoms with Crippen molar-refractivity contribution in [3.05, 3.63) is 27.1 Å². The van der Waals surface area contributed by atoms with E-state index in [4.69, 9.17) is 0 Å². The van der Waals surface area contributed by atoms with Crippen molar-refractivity contribution in [1.29, 1.82) is 0 Å². The van der Waals surface area contributed by atoms with E-state index in [1.165, 1.54) is 6.07 Å². The summed E-state index contributed by atoms with van der Waals surface area (Å²) in [5.74, 6) is 0.133. The third-order valence-corrected chi connectivity index (χ3v) is 2.22. The van der Waals surface area contributed by atoms with E-state index < -0.39 is 6.61 Å². The molecule has 0 aliphatic heterocycles. The molecule has 0 heterocycles. The molecule has 0 saturated carbocycles. The van der Waals surface area contributed by atoms with Gasteiger partial charge in [-0.15, -0.1) is 0 Å². The molecule has 1 aromatic carbocycles. The standard InChI is InChI=1S/C7H4Br2F2O/c8-4-1-2-6(5(9)3-4)12-7(10)11/h1-3,7H. The molecule has 66 valence electrons. The van der Waals surface area contributed by atoms with Crippen LogP contribution in [0.4, 0.5) is 8.78 Å². The van der Waals surface area contributed by atoms with Crippen molar-refractivity contribution in [2.45, 2.75) is 6.61 Å². The van der Waals surface area contributed by atoms with Crippen molar-refractivity contribution in [3.8, 4) is 5.75 Å². The van der Waals surface area contributed by atoms with Gasteiger partial charge in [0.05, 0.1) is 4.47 Å². The quantitative estimate of drug-likeness (QED) is 0.807. The molecule has 0 bridgehead atoms. The molecular weight excluding hydrogens is 298 g/mol. The van der Waals surface area contributed by atoms with E-state index in [9.17, 15) is 8.78 Å². The Kier molecular flexibility index (Phi) is 3.46. The summed E-state index contributed by atoms with van der Waals surface area (Å²) in [5, 5.41) is 0. The lowest BCUT2D eigenvalue weighted by Gasteiger charge is -2.05. The fraction of sp³-hybridized carbons (Fsp3) is 0.143. The van der Waals surface area contributed by atoms with Crippen LogP contribution in [-0.2, 0) is 0 Å². The summed E-state index contributed by atoms with van der Waals surface area (Å²) in [6.45, 7) is -2.79. The van der Waals surface area contributed by atoms with Gasteiger partial charge in [-0.05, 0) is 34.1 Å². The molecule has 1 rings (SSSR count). The van der Waals surface area contributed by atoms with E-state index in [2.05, 4.69) is 36.6 Å². The second kappa shape index (κ2) is 4.18. The number of ether oxygens (including phenoxy) is 1. The molecule has 0 N–H and O–H groups in total. The van der Waals surface area contributed by atoms with E-state index in [1.807, 2.05) is 0 Å². The number of halogens is 4. The van der Waals surface area contributed by atoms with Gasteiger partial charge in [0.25, 0.3) is 0 Å². The van der Waals surface area contributed by atoms with Crippen molar-refractivity contribution >= 4 is 31.9 Å². The number of benzene rings is 1. The van der Waals surface area contributed by atoms with Crippen LogP contribution in [0, 0.1) is 0 Å². The molecule has 5 heteroatoms. The Morgan fingerprint density at radius 2 is 1.92 bits per heavy atom.